The van der Waals surface area contributed by atoms with Gasteiger partial charge >= 0.3 is 0 Å². The van der Waals surface area contributed by atoms with Gasteiger partial charge in [-0.3, -0.25) is 0 Å². The van der Waals surface area contributed by atoms with Gasteiger partial charge in [-0.2, -0.15) is 0 Å². The first-order valence-corrected chi connectivity index (χ1v) is 6.07. The van der Waals surface area contributed by atoms with Crippen LogP contribution in [0.2, 0.25) is 0 Å². The first kappa shape index (κ1) is 13.2. The Morgan fingerprint density at radius 1 is 1.06 bits per heavy atom. The molecule has 4 nitrogen and oxygen atoms in total. The molecule has 18 heavy (non-hydrogen) atoms. The second-order valence-corrected chi connectivity index (χ2v) is 4.81. The van der Waals surface area contributed by atoms with Crippen LogP contribution in [0, 0.1) is 0 Å². The normalized spacial score (nSPS) is 16.4. The third kappa shape index (κ3) is 2.76. The van der Waals surface area contributed by atoms with Crippen molar-refractivity contribution >= 4 is 0 Å². The minimum atomic E-state index is -0.541. The summed E-state index contributed by atoms with van der Waals surface area (Å²) < 4.78 is 15.9. The van der Waals surface area contributed by atoms with Crippen LogP contribution in [-0.4, -0.2) is 32.0 Å². The molecule has 0 spiro atoms. The van der Waals surface area contributed by atoms with E-state index in [2.05, 4.69) is 0 Å². The second-order valence-electron chi connectivity index (χ2n) is 4.81. The summed E-state index contributed by atoms with van der Waals surface area (Å²) in [4.78, 5) is 0. The van der Waals surface area contributed by atoms with Crippen LogP contribution in [0.25, 0.3) is 0 Å². The van der Waals surface area contributed by atoms with E-state index >= 15 is 0 Å². The van der Waals surface area contributed by atoms with E-state index in [1.54, 1.807) is 21.3 Å². The molecular formula is C14H20O4. The third-order valence-electron chi connectivity index (χ3n) is 3.33. The monoisotopic (exact) mass is 252 g/mol. The molecule has 1 saturated carbocycles. The Bertz CT molecular complexity index is 424. The molecule has 0 atom stereocenters. The van der Waals surface area contributed by atoms with Gasteiger partial charge in [0.05, 0.1) is 26.4 Å². The van der Waals surface area contributed by atoms with Gasteiger partial charge in [-0.15, -0.1) is 0 Å². The van der Waals surface area contributed by atoms with Crippen LogP contribution in [0.3, 0.4) is 0 Å². The zero-order valence-corrected chi connectivity index (χ0v) is 11.2. The van der Waals surface area contributed by atoms with E-state index in [4.69, 9.17) is 14.2 Å². The maximum absolute atomic E-state index is 10.0. The number of aliphatic hydroxyl groups is 1. The Morgan fingerprint density at radius 3 is 2.11 bits per heavy atom. The summed E-state index contributed by atoms with van der Waals surface area (Å²) in [5.74, 6) is 1.56. The molecule has 0 saturated heterocycles. The van der Waals surface area contributed by atoms with Crippen molar-refractivity contribution in [1.82, 2.24) is 0 Å². The Labute approximate surface area is 107 Å². The molecule has 0 aliphatic heterocycles. The summed E-state index contributed by atoms with van der Waals surface area (Å²) in [5, 5.41) is 10.0. The zero-order chi connectivity index (χ0) is 13.2. The molecule has 1 aromatic carbocycles. The van der Waals surface area contributed by atoms with Crippen LogP contribution < -0.4 is 9.47 Å². The maximum Gasteiger partial charge on any atom is 0.124 e. The van der Waals surface area contributed by atoms with Gasteiger partial charge in [-0.25, -0.2) is 0 Å². The van der Waals surface area contributed by atoms with Gasteiger partial charge in [-0.05, 0) is 25.0 Å². The summed E-state index contributed by atoms with van der Waals surface area (Å²) in [6.07, 6.45) is 2.33. The molecule has 0 bridgehead atoms. The van der Waals surface area contributed by atoms with Crippen LogP contribution in [0.1, 0.15) is 24.0 Å². The first-order valence-electron chi connectivity index (χ1n) is 6.07. The minimum Gasteiger partial charge on any atom is -0.496 e. The predicted molar refractivity (Wildman–Crippen MR) is 68.1 cm³/mol. The Hall–Kier alpha value is -1.26. The van der Waals surface area contributed by atoms with E-state index < -0.39 is 5.60 Å². The molecule has 0 aromatic heterocycles. The van der Waals surface area contributed by atoms with E-state index in [0.29, 0.717) is 13.0 Å². The Morgan fingerprint density at radius 2 is 1.61 bits per heavy atom. The number of benzene rings is 1. The summed E-state index contributed by atoms with van der Waals surface area (Å²) in [5.41, 5.74) is 1.39. The molecule has 0 amide bonds. The van der Waals surface area contributed by atoms with Crippen LogP contribution in [0.15, 0.2) is 12.1 Å². The van der Waals surface area contributed by atoms with E-state index in [0.717, 1.165) is 35.5 Å². The first-order chi connectivity index (χ1) is 8.61. The maximum atomic E-state index is 10.0. The van der Waals surface area contributed by atoms with Crippen LogP contribution in [0.4, 0.5) is 0 Å². The average molecular weight is 252 g/mol. The van der Waals surface area contributed by atoms with Crippen molar-refractivity contribution in [2.75, 3.05) is 21.3 Å². The lowest BCUT2D eigenvalue weighted by Gasteiger charge is -2.16. The molecule has 1 aromatic rings. The van der Waals surface area contributed by atoms with Gasteiger partial charge in [0.2, 0.25) is 0 Å². The molecule has 1 aliphatic carbocycles. The number of ether oxygens (including phenoxy) is 3. The molecule has 2 rings (SSSR count). The SMILES string of the molecule is COCc1cc(OC)c(CC2(O)CC2)cc1OC. The highest BCUT2D eigenvalue weighted by Gasteiger charge is 2.41. The fraction of sp³-hybridized carbons (Fsp3) is 0.571. The fourth-order valence-corrected chi connectivity index (χ4v) is 2.11. The Kier molecular flexibility index (Phi) is 3.78. The Balaban J connectivity index is 2.32. The molecule has 1 aliphatic rings. The van der Waals surface area contributed by atoms with Crippen molar-refractivity contribution in [2.24, 2.45) is 0 Å². The van der Waals surface area contributed by atoms with Crippen molar-refractivity contribution in [2.45, 2.75) is 31.5 Å². The number of rotatable bonds is 6. The lowest BCUT2D eigenvalue weighted by Crippen LogP contribution is -2.12. The van der Waals surface area contributed by atoms with Crippen LogP contribution in [0.5, 0.6) is 11.5 Å². The van der Waals surface area contributed by atoms with Gasteiger partial charge < -0.3 is 19.3 Å². The zero-order valence-electron chi connectivity index (χ0n) is 11.2. The molecule has 0 unspecified atom stereocenters. The van der Waals surface area contributed by atoms with E-state index in [1.807, 2.05) is 12.1 Å². The second kappa shape index (κ2) is 5.16. The summed E-state index contributed by atoms with van der Waals surface area (Å²) >= 11 is 0. The molecule has 1 N–H and O–H groups in total. The molecular weight excluding hydrogens is 232 g/mol. The molecule has 0 radical (unpaired) electrons. The smallest absolute Gasteiger partial charge is 0.124 e. The van der Waals surface area contributed by atoms with E-state index in [9.17, 15) is 5.11 Å². The number of methoxy groups -OCH3 is 3. The van der Waals surface area contributed by atoms with Crippen molar-refractivity contribution in [3.8, 4) is 11.5 Å². The van der Waals surface area contributed by atoms with Crippen molar-refractivity contribution in [3.05, 3.63) is 23.3 Å². The van der Waals surface area contributed by atoms with Gasteiger partial charge in [-0.1, -0.05) is 0 Å². The summed E-state index contributed by atoms with van der Waals surface area (Å²) in [6.45, 7) is 0.476. The van der Waals surface area contributed by atoms with Gasteiger partial charge in [0, 0.05) is 24.7 Å². The average Bonchev–Trinajstić information content (AvgIpc) is 3.08. The number of hydrogen-bond donors (Lipinski definition) is 1. The van der Waals surface area contributed by atoms with Gasteiger partial charge in [0.15, 0.2) is 0 Å². The van der Waals surface area contributed by atoms with Crippen molar-refractivity contribution in [3.63, 3.8) is 0 Å². The van der Waals surface area contributed by atoms with Crippen molar-refractivity contribution in [1.29, 1.82) is 0 Å². The highest BCUT2D eigenvalue weighted by molar-refractivity contribution is 5.47. The highest BCUT2D eigenvalue weighted by Crippen LogP contribution is 2.41. The quantitative estimate of drug-likeness (QED) is 0.840. The topological polar surface area (TPSA) is 47.9 Å². The largest absolute Gasteiger partial charge is 0.496 e. The molecule has 4 heteroatoms. The molecule has 0 heterocycles. The fourth-order valence-electron chi connectivity index (χ4n) is 2.11. The minimum absolute atomic E-state index is 0.476. The van der Waals surface area contributed by atoms with Gasteiger partial charge in [0.25, 0.3) is 0 Å². The standard InChI is InChI=1S/C14H20O4/c1-16-9-11-7-12(17-2)10(6-13(11)18-3)8-14(15)4-5-14/h6-7,15H,4-5,8-9H2,1-3H3. The predicted octanol–water partition coefficient (Wildman–Crippen LogP) is 1.92. The van der Waals surface area contributed by atoms with Gasteiger partial charge in [0.1, 0.15) is 11.5 Å². The number of hydrogen-bond acceptors (Lipinski definition) is 4. The summed E-state index contributed by atoms with van der Waals surface area (Å²) in [7, 11) is 4.92. The van der Waals surface area contributed by atoms with Crippen LogP contribution in [-0.2, 0) is 17.8 Å². The lowest BCUT2D eigenvalue weighted by atomic mass is 10.0. The van der Waals surface area contributed by atoms with Crippen LogP contribution >= 0.6 is 0 Å². The third-order valence-corrected chi connectivity index (χ3v) is 3.33. The van der Waals surface area contributed by atoms with E-state index in [1.165, 1.54) is 0 Å². The lowest BCUT2D eigenvalue weighted by molar-refractivity contribution is 0.149. The molecule has 100 valence electrons. The highest BCUT2D eigenvalue weighted by atomic mass is 16.5. The molecule has 1 fully saturated rings. The summed E-state index contributed by atoms with van der Waals surface area (Å²) in [6, 6.07) is 3.85. The van der Waals surface area contributed by atoms with Crippen molar-refractivity contribution < 1.29 is 19.3 Å². The van der Waals surface area contributed by atoms with E-state index in [-0.39, 0.29) is 0 Å².